The van der Waals surface area contributed by atoms with Crippen molar-refractivity contribution < 1.29 is 4.42 Å². The van der Waals surface area contributed by atoms with Crippen LogP contribution in [0, 0.1) is 0 Å². The Bertz CT molecular complexity index is 294. The van der Waals surface area contributed by atoms with Crippen LogP contribution in [0.1, 0.15) is 12.8 Å². The van der Waals surface area contributed by atoms with Gasteiger partial charge >= 0.3 is 0 Å². The molecule has 0 aliphatic carbocycles. The summed E-state index contributed by atoms with van der Waals surface area (Å²) < 4.78 is 5.31. The fraction of sp³-hybridized carbons (Fsp3) is 0.556. The molecule has 3 nitrogen and oxygen atoms in total. The van der Waals surface area contributed by atoms with Gasteiger partial charge in [-0.2, -0.15) is 0 Å². The van der Waals surface area contributed by atoms with Gasteiger partial charge in [0.25, 0.3) is 0 Å². The zero-order valence-electron chi connectivity index (χ0n) is 6.92. The lowest BCUT2D eigenvalue weighted by Crippen LogP contribution is -2.38. The Hall–Kier alpha value is -1.12. The van der Waals surface area contributed by atoms with Gasteiger partial charge in [-0.05, 0) is 12.8 Å². The predicted octanol–water partition coefficient (Wildman–Crippen LogP) is 1.67. The summed E-state index contributed by atoms with van der Waals surface area (Å²) in [5, 5.41) is 3.31. The molecular formula is C9H12N2O. The van der Waals surface area contributed by atoms with Crippen LogP contribution < -0.4 is 10.2 Å². The molecule has 0 spiro atoms. The van der Waals surface area contributed by atoms with Crippen molar-refractivity contribution in [2.45, 2.75) is 18.9 Å². The highest BCUT2D eigenvalue weighted by Gasteiger charge is 2.31. The normalized spacial score (nSPS) is 26.3. The average Bonchev–Trinajstić information content (AvgIpc) is 2.71. The third-order valence-corrected chi connectivity index (χ3v) is 2.83. The number of nitrogens with zero attached hydrogens (tertiary/aromatic N) is 1. The minimum absolute atomic E-state index is 0.704. The van der Waals surface area contributed by atoms with E-state index in [4.69, 9.17) is 4.42 Å². The van der Waals surface area contributed by atoms with Crippen molar-refractivity contribution in [2.75, 3.05) is 23.3 Å². The molecule has 0 unspecified atom stereocenters. The number of nitrogens with one attached hydrogen (secondary N) is 1. The Balaban J connectivity index is 2.04. The SMILES string of the molecule is c1cc2c(o1)NC[C@@H]1CCCN21. The van der Waals surface area contributed by atoms with E-state index in [1.807, 2.05) is 0 Å². The van der Waals surface area contributed by atoms with Gasteiger partial charge in [-0.15, -0.1) is 0 Å². The summed E-state index contributed by atoms with van der Waals surface area (Å²) in [6, 6.07) is 2.76. The highest BCUT2D eigenvalue weighted by atomic mass is 16.3. The quantitative estimate of drug-likeness (QED) is 0.632. The number of anilines is 2. The van der Waals surface area contributed by atoms with Crippen molar-refractivity contribution in [3.05, 3.63) is 12.3 Å². The number of rotatable bonds is 0. The highest BCUT2D eigenvalue weighted by molar-refractivity contribution is 5.67. The molecule has 64 valence electrons. The molecule has 2 aliphatic rings. The molecule has 1 aromatic rings. The lowest BCUT2D eigenvalue weighted by atomic mass is 10.2. The molecule has 1 fully saturated rings. The maximum Gasteiger partial charge on any atom is 0.216 e. The molecule has 1 N–H and O–H groups in total. The highest BCUT2D eigenvalue weighted by Crippen LogP contribution is 2.36. The van der Waals surface area contributed by atoms with E-state index in [0.717, 1.165) is 12.4 Å². The molecule has 1 atom stereocenters. The number of hydrogen-bond donors (Lipinski definition) is 1. The van der Waals surface area contributed by atoms with Crippen molar-refractivity contribution in [1.82, 2.24) is 0 Å². The van der Waals surface area contributed by atoms with Gasteiger partial charge in [0.1, 0.15) is 5.69 Å². The Kier molecular flexibility index (Phi) is 1.17. The summed E-state index contributed by atoms with van der Waals surface area (Å²) in [5.41, 5.74) is 1.25. The van der Waals surface area contributed by atoms with E-state index >= 15 is 0 Å². The van der Waals surface area contributed by atoms with Crippen LogP contribution in [0.2, 0.25) is 0 Å². The lowest BCUT2D eigenvalue weighted by molar-refractivity contribution is 0.560. The molecule has 3 heterocycles. The molecule has 1 aromatic heterocycles. The van der Waals surface area contributed by atoms with Crippen LogP contribution in [0.4, 0.5) is 11.6 Å². The molecule has 3 heteroatoms. The van der Waals surface area contributed by atoms with Gasteiger partial charge in [0, 0.05) is 25.2 Å². The van der Waals surface area contributed by atoms with Crippen LogP contribution >= 0.6 is 0 Å². The first-order valence-corrected chi connectivity index (χ1v) is 4.53. The molecule has 0 amide bonds. The first-order valence-electron chi connectivity index (χ1n) is 4.53. The molecule has 2 aliphatic heterocycles. The van der Waals surface area contributed by atoms with Crippen LogP contribution in [0.5, 0.6) is 0 Å². The van der Waals surface area contributed by atoms with Crippen LogP contribution in [0.3, 0.4) is 0 Å². The summed E-state index contributed by atoms with van der Waals surface area (Å²) >= 11 is 0. The molecule has 3 rings (SSSR count). The third-order valence-electron chi connectivity index (χ3n) is 2.83. The zero-order chi connectivity index (χ0) is 7.97. The van der Waals surface area contributed by atoms with E-state index in [1.165, 1.54) is 25.1 Å². The summed E-state index contributed by atoms with van der Waals surface area (Å²) in [6.07, 6.45) is 4.40. The number of furan rings is 1. The molecule has 0 aromatic carbocycles. The van der Waals surface area contributed by atoms with Crippen LogP contribution in [0.15, 0.2) is 16.7 Å². The first-order chi connectivity index (χ1) is 5.95. The second-order valence-corrected chi connectivity index (χ2v) is 3.51. The van der Waals surface area contributed by atoms with Crippen LogP contribution in [-0.4, -0.2) is 19.1 Å². The van der Waals surface area contributed by atoms with E-state index in [9.17, 15) is 0 Å². The largest absolute Gasteiger partial charge is 0.447 e. The van der Waals surface area contributed by atoms with Gasteiger partial charge in [-0.1, -0.05) is 0 Å². The summed E-state index contributed by atoms with van der Waals surface area (Å²) in [6.45, 7) is 2.24. The summed E-state index contributed by atoms with van der Waals surface area (Å²) in [7, 11) is 0. The van der Waals surface area contributed by atoms with Gasteiger partial charge in [0.2, 0.25) is 5.88 Å². The molecule has 1 saturated heterocycles. The standard InChI is InChI=1S/C9H12N2O/c1-2-7-6-10-9-8(3-5-12-9)11(7)4-1/h3,5,7,10H,1-2,4,6H2/t7-/m0/s1. The van der Waals surface area contributed by atoms with E-state index in [1.54, 1.807) is 6.26 Å². The topological polar surface area (TPSA) is 28.4 Å². The Morgan fingerprint density at radius 1 is 1.58 bits per heavy atom. The minimum Gasteiger partial charge on any atom is -0.447 e. The number of fused-ring (bicyclic) bond motifs is 3. The average molecular weight is 164 g/mol. The van der Waals surface area contributed by atoms with Gasteiger partial charge in [0.15, 0.2) is 0 Å². The van der Waals surface area contributed by atoms with Crippen LogP contribution in [0.25, 0.3) is 0 Å². The second kappa shape index (κ2) is 2.19. The van der Waals surface area contributed by atoms with Gasteiger partial charge in [-0.25, -0.2) is 0 Å². The first kappa shape index (κ1) is 6.40. The van der Waals surface area contributed by atoms with Gasteiger partial charge in [0.05, 0.1) is 6.26 Å². The maximum atomic E-state index is 5.31. The third kappa shape index (κ3) is 0.709. The zero-order valence-corrected chi connectivity index (χ0v) is 6.92. The second-order valence-electron chi connectivity index (χ2n) is 3.51. The Morgan fingerprint density at radius 2 is 2.58 bits per heavy atom. The molecular weight excluding hydrogens is 152 g/mol. The van der Waals surface area contributed by atoms with Crippen LogP contribution in [-0.2, 0) is 0 Å². The Labute approximate surface area is 71.3 Å². The number of hydrogen-bond acceptors (Lipinski definition) is 3. The van der Waals surface area contributed by atoms with Gasteiger partial charge in [-0.3, -0.25) is 0 Å². The minimum atomic E-state index is 0.704. The van der Waals surface area contributed by atoms with Crippen molar-refractivity contribution in [2.24, 2.45) is 0 Å². The fourth-order valence-electron chi connectivity index (χ4n) is 2.24. The fourth-order valence-corrected chi connectivity index (χ4v) is 2.24. The van der Waals surface area contributed by atoms with Crippen molar-refractivity contribution in [1.29, 1.82) is 0 Å². The van der Waals surface area contributed by atoms with Crippen molar-refractivity contribution >= 4 is 11.6 Å². The Morgan fingerprint density at radius 3 is 3.58 bits per heavy atom. The maximum absolute atomic E-state index is 5.31. The smallest absolute Gasteiger partial charge is 0.216 e. The van der Waals surface area contributed by atoms with Crippen molar-refractivity contribution in [3.8, 4) is 0 Å². The van der Waals surface area contributed by atoms with E-state index in [-0.39, 0.29) is 0 Å². The van der Waals surface area contributed by atoms with E-state index in [0.29, 0.717) is 6.04 Å². The lowest BCUT2D eigenvalue weighted by Gasteiger charge is -2.30. The van der Waals surface area contributed by atoms with Gasteiger partial charge < -0.3 is 14.6 Å². The van der Waals surface area contributed by atoms with E-state index < -0.39 is 0 Å². The molecule has 0 saturated carbocycles. The predicted molar refractivity (Wildman–Crippen MR) is 47.6 cm³/mol. The van der Waals surface area contributed by atoms with E-state index in [2.05, 4.69) is 16.3 Å². The molecule has 0 radical (unpaired) electrons. The van der Waals surface area contributed by atoms with Crippen molar-refractivity contribution in [3.63, 3.8) is 0 Å². The monoisotopic (exact) mass is 164 g/mol. The molecule has 12 heavy (non-hydrogen) atoms. The molecule has 0 bridgehead atoms. The summed E-state index contributed by atoms with van der Waals surface area (Å²) in [4.78, 5) is 2.45. The summed E-state index contributed by atoms with van der Waals surface area (Å²) in [5.74, 6) is 0.952.